The number of hydrogen-bond donors (Lipinski definition) is 0. The quantitative estimate of drug-likeness (QED) is 0.843. The first kappa shape index (κ1) is 15.6. The molecule has 1 atom stereocenters. The summed E-state index contributed by atoms with van der Waals surface area (Å²) >= 11 is 0. The molecule has 1 aromatic heterocycles. The highest BCUT2D eigenvalue weighted by Gasteiger charge is 2.37. The van der Waals surface area contributed by atoms with Crippen molar-refractivity contribution < 1.29 is 17.2 Å². The molecule has 24 heavy (non-hydrogen) atoms. The van der Waals surface area contributed by atoms with Gasteiger partial charge in [-0.05, 0) is 31.4 Å². The lowest BCUT2D eigenvalue weighted by atomic mass is 10.2. The summed E-state index contributed by atoms with van der Waals surface area (Å²) in [5.74, 6) is -1.68. The zero-order chi connectivity index (χ0) is 16.9. The minimum absolute atomic E-state index is 0.129. The van der Waals surface area contributed by atoms with E-state index in [1.807, 2.05) is 6.20 Å². The van der Waals surface area contributed by atoms with E-state index in [9.17, 15) is 17.2 Å². The number of aromatic nitrogens is 3. The van der Waals surface area contributed by atoms with Gasteiger partial charge in [-0.1, -0.05) is 11.3 Å². The molecule has 9 heteroatoms. The van der Waals surface area contributed by atoms with Gasteiger partial charge in [0.2, 0.25) is 10.0 Å². The van der Waals surface area contributed by atoms with Crippen LogP contribution >= 0.6 is 0 Å². The van der Waals surface area contributed by atoms with Crippen molar-refractivity contribution in [2.45, 2.75) is 36.1 Å². The summed E-state index contributed by atoms with van der Waals surface area (Å²) in [5.41, 5.74) is 0.927. The van der Waals surface area contributed by atoms with Crippen LogP contribution < -0.4 is 0 Å². The zero-order valence-corrected chi connectivity index (χ0v) is 13.6. The Labute approximate surface area is 138 Å². The second kappa shape index (κ2) is 5.59. The summed E-state index contributed by atoms with van der Waals surface area (Å²) in [6.45, 7) is 0.322. The van der Waals surface area contributed by atoms with E-state index in [-0.39, 0.29) is 19.1 Å². The average Bonchev–Trinajstić information content (AvgIpc) is 3.07. The van der Waals surface area contributed by atoms with Gasteiger partial charge in [0.15, 0.2) is 4.90 Å². The van der Waals surface area contributed by atoms with Gasteiger partial charge in [-0.3, -0.25) is 0 Å². The standard InChI is InChI=1S/C15H16F2N4O2S/c16-12-2-1-3-13(17)15(12)24(22,23)20-7-6-11(8-20)21-9-14(18-19-21)10-4-5-10/h1-3,9-11H,4-8H2. The molecule has 1 unspecified atom stereocenters. The molecule has 0 spiro atoms. The average molecular weight is 354 g/mol. The van der Waals surface area contributed by atoms with Gasteiger partial charge in [0.1, 0.15) is 11.6 Å². The fraction of sp³-hybridized carbons (Fsp3) is 0.467. The molecule has 0 radical (unpaired) electrons. The van der Waals surface area contributed by atoms with Crippen LogP contribution in [-0.4, -0.2) is 40.8 Å². The molecule has 0 N–H and O–H groups in total. The summed E-state index contributed by atoms with van der Waals surface area (Å²) in [6.07, 6.45) is 4.59. The molecule has 2 aliphatic rings. The van der Waals surface area contributed by atoms with Crippen LogP contribution in [-0.2, 0) is 10.0 Å². The predicted octanol–water partition coefficient (Wildman–Crippen LogP) is 2.07. The third kappa shape index (κ3) is 2.61. The van der Waals surface area contributed by atoms with E-state index in [2.05, 4.69) is 10.3 Å². The molecule has 1 aromatic carbocycles. The Kier molecular flexibility index (Phi) is 3.65. The van der Waals surface area contributed by atoms with Gasteiger partial charge < -0.3 is 0 Å². The maximum atomic E-state index is 13.8. The summed E-state index contributed by atoms with van der Waals surface area (Å²) in [7, 11) is -4.22. The van der Waals surface area contributed by atoms with E-state index in [4.69, 9.17) is 0 Å². The first-order chi connectivity index (χ1) is 11.5. The lowest BCUT2D eigenvalue weighted by Gasteiger charge is -2.17. The summed E-state index contributed by atoms with van der Waals surface area (Å²) in [4.78, 5) is -0.886. The van der Waals surface area contributed by atoms with E-state index in [0.717, 1.165) is 41.0 Å². The van der Waals surface area contributed by atoms with E-state index in [0.29, 0.717) is 12.3 Å². The van der Waals surface area contributed by atoms with Crippen LogP contribution in [0.1, 0.15) is 36.9 Å². The minimum Gasteiger partial charge on any atom is -0.248 e. The van der Waals surface area contributed by atoms with Crippen LogP contribution in [0.4, 0.5) is 8.78 Å². The molecule has 1 saturated heterocycles. The Morgan fingerprint density at radius 1 is 1.12 bits per heavy atom. The molecule has 0 bridgehead atoms. The van der Waals surface area contributed by atoms with Gasteiger partial charge in [0.25, 0.3) is 0 Å². The van der Waals surface area contributed by atoms with Gasteiger partial charge in [-0.15, -0.1) is 5.10 Å². The smallest absolute Gasteiger partial charge is 0.248 e. The number of rotatable bonds is 4. The Bertz CT molecular complexity index is 859. The van der Waals surface area contributed by atoms with Crippen LogP contribution in [0.15, 0.2) is 29.3 Å². The van der Waals surface area contributed by atoms with E-state index in [1.165, 1.54) is 0 Å². The highest BCUT2D eigenvalue weighted by atomic mass is 32.2. The lowest BCUT2D eigenvalue weighted by molar-refractivity contribution is 0.421. The van der Waals surface area contributed by atoms with Crippen molar-refractivity contribution in [1.82, 2.24) is 19.3 Å². The van der Waals surface area contributed by atoms with Gasteiger partial charge in [0, 0.05) is 25.2 Å². The summed E-state index contributed by atoms with van der Waals surface area (Å²) in [6, 6.07) is 2.87. The largest absolute Gasteiger partial charge is 0.248 e. The minimum atomic E-state index is -4.22. The maximum Gasteiger partial charge on any atom is 0.248 e. The van der Waals surface area contributed by atoms with Crippen molar-refractivity contribution >= 4 is 10.0 Å². The van der Waals surface area contributed by atoms with Gasteiger partial charge in [0.05, 0.1) is 11.7 Å². The third-order valence-electron chi connectivity index (χ3n) is 4.54. The molecule has 4 rings (SSSR count). The molecule has 1 aliphatic carbocycles. The summed E-state index contributed by atoms with van der Waals surface area (Å²) < 4.78 is 55.6. The third-order valence-corrected chi connectivity index (χ3v) is 6.46. The van der Waals surface area contributed by atoms with E-state index < -0.39 is 26.6 Å². The van der Waals surface area contributed by atoms with Gasteiger partial charge >= 0.3 is 0 Å². The van der Waals surface area contributed by atoms with Crippen LogP contribution in [0.5, 0.6) is 0 Å². The fourth-order valence-electron chi connectivity index (χ4n) is 3.04. The number of hydrogen-bond acceptors (Lipinski definition) is 4. The van der Waals surface area contributed by atoms with Crippen molar-refractivity contribution in [2.75, 3.05) is 13.1 Å². The molecule has 6 nitrogen and oxygen atoms in total. The molecule has 128 valence electrons. The van der Waals surface area contributed by atoms with Crippen LogP contribution in [0, 0.1) is 11.6 Å². The number of sulfonamides is 1. The molecule has 2 heterocycles. The molecule has 0 amide bonds. The van der Waals surface area contributed by atoms with Gasteiger partial charge in [-0.25, -0.2) is 21.9 Å². The van der Waals surface area contributed by atoms with Crippen molar-refractivity contribution in [1.29, 1.82) is 0 Å². The predicted molar refractivity (Wildman–Crippen MR) is 80.8 cm³/mol. The highest BCUT2D eigenvalue weighted by molar-refractivity contribution is 7.89. The molecular formula is C15H16F2N4O2S. The topological polar surface area (TPSA) is 68.1 Å². The van der Waals surface area contributed by atoms with Crippen molar-refractivity contribution in [2.24, 2.45) is 0 Å². The Balaban J connectivity index is 1.57. The first-order valence-corrected chi connectivity index (χ1v) is 9.26. The second-order valence-electron chi connectivity index (χ2n) is 6.25. The molecular weight excluding hydrogens is 338 g/mol. The second-order valence-corrected chi connectivity index (χ2v) is 8.13. The van der Waals surface area contributed by atoms with Crippen LogP contribution in [0.25, 0.3) is 0 Å². The maximum absolute atomic E-state index is 13.8. The number of benzene rings is 1. The van der Waals surface area contributed by atoms with Crippen LogP contribution in [0.2, 0.25) is 0 Å². The van der Waals surface area contributed by atoms with Gasteiger partial charge in [-0.2, -0.15) is 4.31 Å². The van der Waals surface area contributed by atoms with Crippen molar-refractivity contribution in [3.05, 3.63) is 41.7 Å². The van der Waals surface area contributed by atoms with E-state index >= 15 is 0 Å². The highest BCUT2D eigenvalue weighted by Crippen LogP contribution is 2.39. The van der Waals surface area contributed by atoms with Crippen molar-refractivity contribution in [3.8, 4) is 0 Å². The Morgan fingerprint density at radius 2 is 1.83 bits per heavy atom. The molecule has 2 aromatic rings. The monoisotopic (exact) mass is 354 g/mol. The van der Waals surface area contributed by atoms with E-state index in [1.54, 1.807) is 4.68 Å². The molecule has 2 fully saturated rings. The molecule has 1 aliphatic heterocycles. The number of nitrogens with zero attached hydrogens (tertiary/aromatic N) is 4. The number of halogens is 2. The lowest BCUT2D eigenvalue weighted by Crippen LogP contribution is -2.30. The molecule has 1 saturated carbocycles. The normalized spacial score (nSPS) is 22.2. The SMILES string of the molecule is O=S(=O)(c1c(F)cccc1F)N1CCC(n2cc(C3CC3)nn2)C1. The van der Waals surface area contributed by atoms with Crippen LogP contribution in [0.3, 0.4) is 0 Å². The Hall–Kier alpha value is -1.87. The zero-order valence-electron chi connectivity index (χ0n) is 12.8. The summed E-state index contributed by atoms with van der Waals surface area (Å²) in [5, 5.41) is 8.20. The fourth-order valence-corrected chi connectivity index (χ4v) is 4.64. The van der Waals surface area contributed by atoms with Crippen molar-refractivity contribution in [3.63, 3.8) is 0 Å². The Morgan fingerprint density at radius 3 is 2.50 bits per heavy atom. The first-order valence-electron chi connectivity index (χ1n) is 7.82.